The summed E-state index contributed by atoms with van der Waals surface area (Å²) < 4.78 is 0. The minimum atomic E-state index is -0.119. The summed E-state index contributed by atoms with van der Waals surface area (Å²) in [7, 11) is 0. The van der Waals surface area contributed by atoms with Crippen molar-refractivity contribution in [1.82, 2.24) is 15.2 Å². The molecule has 120 valence electrons. The van der Waals surface area contributed by atoms with Gasteiger partial charge in [-0.25, -0.2) is 5.10 Å². The van der Waals surface area contributed by atoms with Crippen molar-refractivity contribution in [2.24, 2.45) is 0 Å². The van der Waals surface area contributed by atoms with Gasteiger partial charge in [0.25, 0.3) is 0 Å². The second-order valence-corrected chi connectivity index (χ2v) is 7.24. The fourth-order valence-electron chi connectivity index (χ4n) is 2.94. The summed E-state index contributed by atoms with van der Waals surface area (Å²) in [5, 5.41) is 17.4. The summed E-state index contributed by atoms with van der Waals surface area (Å²) in [6, 6.07) is 5.78. The number of hydrogen-bond donors (Lipinski definition) is 4. The zero-order valence-corrected chi connectivity index (χ0v) is 14.1. The van der Waals surface area contributed by atoms with Crippen molar-refractivity contribution < 1.29 is 23.2 Å². The standard InChI is InChI=1S/C14H19N5OS.ClH/c1-14(2)9-6-8(20)4-3-7(9)5-10(11(14)15)21-13-17-12(16)18-19-13;/h3-4,6,10-11,20H,5,15H2,1-2H3,(H3,16,17,18,19);1H/t10-,11+;/m0./s1. The number of aromatic nitrogens is 3. The maximum Gasteiger partial charge on any atom is 0.216 e. The van der Waals surface area contributed by atoms with Crippen LogP contribution >= 0.6 is 11.8 Å². The van der Waals surface area contributed by atoms with Gasteiger partial charge in [0.05, 0.1) is 5.25 Å². The maximum absolute atomic E-state index is 9.75. The van der Waals surface area contributed by atoms with Crippen LogP contribution in [0, 0.1) is 0 Å². The number of rotatable bonds is 2. The van der Waals surface area contributed by atoms with Crippen molar-refractivity contribution in [3.63, 3.8) is 0 Å². The number of thioether (sulfide) groups is 1. The number of nitrogens with two attached hydrogens (primary N) is 1. The van der Waals surface area contributed by atoms with Crippen LogP contribution in [-0.2, 0) is 11.8 Å². The highest BCUT2D eigenvalue weighted by molar-refractivity contribution is 7.99. The fourth-order valence-corrected chi connectivity index (χ4v) is 4.22. The lowest BCUT2D eigenvalue weighted by atomic mass is 9.69. The van der Waals surface area contributed by atoms with Crippen LogP contribution < -0.4 is 23.9 Å². The Balaban J connectivity index is 0.00000176. The number of H-pyrrole nitrogens is 1. The molecule has 1 aliphatic rings. The van der Waals surface area contributed by atoms with E-state index in [9.17, 15) is 5.11 Å². The van der Waals surface area contributed by atoms with Crippen LogP contribution in [0.15, 0.2) is 23.4 Å². The van der Waals surface area contributed by atoms with Crippen molar-refractivity contribution in [3.8, 4) is 5.75 Å². The monoisotopic (exact) mass is 341 g/mol. The molecule has 0 bridgehead atoms. The summed E-state index contributed by atoms with van der Waals surface area (Å²) in [5.74, 6) is 0.639. The van der Waals surface area contributed by atoms with Gasteiger partial charge in [0, 0.05) is 5.41 Å². The minimum Gasteiger partial charge on any atom is -1.00 e. The highest BCUT2D eigenvalue weighted by Crippen LogP contribution is 2.41. The quantitative estimate of drug-likeness (QED) is 0.490. The summed E-state index contributed by atoms with van der Waals surface area (Å²) in [6.07, 6.45) is 0.881. The van der Waals surface area contributed by atoms with Gasteiger partial charge >= 0.3 is 0 Å². The third kappa shape index (κ3) is 2.88. The van der Waals surface area contributed by atoms with E-state index in [0.29, 0.717) is 16.9 Å². The van der Waals surface area contributed by atoms with Crippen LogP contribution in [0.5, 0.6) is 5.75 Å². The molecule has 6 nitrogen and oxygen atoms in total. The van der Waals surface area contributed by atoms with Crippen LogP contribution in [0.25, 0.3) is 0 Å². The second-order valence-electron chi connectivity index (χ2n) is 6.03. The molecule has 7 N–H and O–H groups in total. The smallest absolute Gasteiger partial charge is 0.216 e. The molecule has 1 aromatic heterocycles. The number of benzene rings is 1. The van der Waals surface area contributed by atoms with Crippen LogP contribution in [0.4, 0.5) is 5.95 Å². The van der Waals surface area contributed by atoms with E-state index in [2.05, 4.69) is 34.8 Å². The molecule has 8 heteroatoms. The normalized spacial score (nSPS) is 22.7. The first kappa shape index (κ1) is 16.9. The van der Waals surface area contributed by atoms with Gasteiger partial charge in [-0.1, -0.05) is 31.7 Å². The van der Waals surface area contributed by atoms with E-state index in [1.165, 1.54) is 11.1 Å². The van der Waals surface area contributed by atoms with Gasteiger partial charge in [-0.3, -0.25) is 0 Å². The topological polar surface area (TPSA) is 115 Å². The Morgan fingerprint density at radius 2 is 2.18 bits per heavy atom. The number of aromatic amines is 1. The molecule has 0 spiro atoms. The number of quaternary nitrogens is 1. The Morgan fingerprint density at radius 1 is 1.45 bits per heavy atom. The lowest BCUT2D eigenvalue weighted by molar-refractivity contribution is -0.435. The van der Waals surface area contributed by atoms with Crippen LogP contribution in [-0.4, -0.2) is 31.6 Å². The van der Waals surface area contributed by atoms with Crippen molar-refractivity contribution in [2.45, 2.75) is 42.1 Å². The highest BCUT2D eigenvalue weighted by Gasteiger charge is 2.44. The van der Waals surface area contributed by atoms with Gasteiger partial charge in [-0.15, -0.1) is 5.10 Å². The number of anilines is 1. The largest absolute Gasteiger partial charge is 1.00 e. The molecule has 0 amide bonds. The predicted molar refractivity (Wildman–Crippen MR) is 82.0 cm³/mol. The number of nitrogens with zero attached hydrogens (tertiary/aromatic N) is 2. The number of phenolic OH excluding ortho intramolecular Hbond substituents is 1. The van der Waals surface area contributed by atoms with Gasteiger partial charge in [-0.2, -0.15) is 4.98 Å². The zero-order valence-electron chi connectivity index (χ0n) is 12.5. The molecular formula is C14H20ClN5OS. The Morgan fingerprint density at radius 3 is 2.82 bits per heavy atom. The SMILES string of the molecule is CC1(C)c2cc(O)ccc2C[C@H](Sc2n[nH]c(N)n2)[C@H]1[NH3+].[Cl-]. The van der Waals surface area contributed by atoms with Gasteiger partial charge in [0.1, 0.15) is 11.8 Å². The number of halogens is 1. The van der Waals surface area contributed by atoms with E-state index in [4.69, 9.17) is 5.73 Å². The summed E-state index contributed by atoms with van der Waals surface area (Å²) >= 11 is 1.61. The number of phenols is 1. The van der Waals surface area contributed by atoms with Crippen molar-refractivity contribution >= 4 is 17.7 Å². The fraction of sp³-hybridized carbons (Fsp3) is 0.429. The summed E-state index contributed by atoms with van der Waals surface area (Å²) in [5.41, 5.74) is 12.2. The van der Waals surface area contributed by atoms with Crippen molar-refractivity contribution in [3.05, 3.63) is 29.3 Å². The van der Waals surface area contributed by atoms with E-state index in [1.807, 2.05) is 12.1 Å². The average Bonchev–Trinajstić information content (AvgIpc) is 2.83. The molecule has 0 saturated heterocycles. The number of aromatic hydroxyl groups is 1. The number of nitrogen functional groups attached to an aromatic ring is 1. The molecule has 2 atom stereocenters. The molecule has 3 rings (SSSR count). The predicted octanol–water partition coefficient (Wildman–Crippen LogP) is -2.30. The third-order valence-corrected chi connectivity index (χ3v) is 5.51. The Labute approximate surface area is 139 Å². The molecule has 22 heavy (non-hydrogen) atoms. The molecule has 0 fully saturated rings. The van der Waals surface area contributed by atoms with Gasteiger partial charge in [0.2, 0.25) is 11.1 Å². The molecule has 0 saturated carbocycles. The Bertz CT molecular complexity index is 675. The van der Waals surface area contributed by atoms with E-state index in [-0.39, 0.29) is 29.1 Å². The molecular weight excluding hydrogens is 322 g/mol. The van der Waals surface area contributed by atoms with E-state index in [1.54, 1.807) is 17.8 Å². The molecule has 1 heterocycles. The molecule has 1 aliphatic carbocycles. The van der Waals surface area contributed by atoms with Crippen LogP contribution in [0.1, 0.15) is 25.0 Å². The van der Waals surface area contributed by atoms with Gasteiger partial charge < -0.3 is 29.0 Å². The first-order valence-electron chi connectivity index (χ1n) is 6.88. The van der Waals surface area contributed by atoms with E-state index < -0.39 is 0 Å². The maximum atomic E-state index is 9.75. The first-order valence-corrected chi connectivity index (χ1v) is 7.76. The third-order valence-electron chi connectivity index (χ3n) is 4.32. The van der Waals surface area contributed by atoms with Crippen molar-refractivity contribution in [2.75, 3.05) is 5.73 Å². The highest BCUT2D eigenvalue weighted by atomic mass is 35.5. The first-order chi connectivity index (χ1) is 9.88. The van der Waals surface area contributed by atoms with Crippen LogP contribution in [0.3, 0.4) is 0 Å². The Hall–Kier alpha value is -1.44. The average molecular weight is 342 g/mol. The number of nitrogens with one attached hydrogen (secondary N) is 1. The van der Waals surface area contributed by atoms with Crippen molar-refractivity contribution in [1.29, 1.82) is 0 Å². The Kier molecular flexibility index (Phi) is 4.60. The minimum absolute atomic E-state index is 0. The lowest BCUT2D eigenvalue weighted by Crippen LogP contribution is -3.00. The molecule has 0 unspecified atom stereocenters. The van der Waals surface area contributed by atoms with E-state index in [0.717, 1.165) is 6.42 Å². The second kappa shape index (κ2) is 5.98. The molecule has 0 aliphatic heterocycles. The van der Waals surface area contributed by atoms with Crippen LogP contribution in [0.2, 0.25) is 0 Å². The van der Waals surface area contributed by atoms with E-state index >= 15 is 0 Å². The lowest BCUT2D eigenvalue weighted by Gasteiger charge is -2.40. The molecule has 1 aromatic carbocycles. The zero-order chi connectivity index (χ0) is 15.2. The summed E-state index contributed by atoms with van der Waals surface area (Å²) in [6.45, 7) is 4.34. The van der Waals surface area contributed by atoms with Gasteiger partial charge in [-0.05, 0) is 29.7 Å². The number of hydrogen-bond acceptors (Lipinski definition) is 5. The van der Waals surface area contributed by atoms with Gasteiger partial charge in [0.15, 0.2) is 0 Å². The summed E-state index contributed by atoms with van der Waals surface area (Å²) in [4.78, 5) is 4.16. The number of fused-ring (bicyclic) bond motifs is 1. The molecule has 2 aromatic rings. The molecule has 0 radical (unpaired) electrons.